The second-order valence-corrected chi connectivity index (χ2v) is 5.07. The van der Waals surface area contributed by atoms with Crippen LogP contribution in [0.2, 0.25) is 0 Å². The van der Waals surface area contributed by atoms with Crippen molar-refractivity contribution < 1.29 is 34.1 Å². The van der Waals surface area contributed by atoms with E-state index in [9.17, 15) is 24.6 Å². The smallest absolute Gasteiger partial charge is 0.335 e. The lowest BCUT2D eigenvalue weighted by Gasteiger charge is -2.19. The van der Waals surface area contributed by atoms with Gasteiger partial charge in [0.1, 0.15) is 18.3 Å². The fourth-order valence-corrected chi connectivity index (χ4v) is 1.82. The SMILES string of the molecule is C[C@@H]1C/C=C\C(=O)O[C@@H](C)C[C@@H](O)C(=O)C[C@@H](O)C(=O)O1. The summed E-state index contributed by atoms with van der Waals surface area (Å²) < 4.78 is 9.91. The summed E-state index contributed by atoms with van der Waals surface area (Å²) in [6, 6.07) is 0. The first-order valence-electron chi connectivity index (χ1n) is 6.76. The highest BCUT2D eigenvalue weighted by molar-refractivity contribution is 5.88. The van der Waals surface area contributed by atoms with Gasteiger partial charge in [-0.1, -0.05) is 6.08 Å². The molecule has 0 aromatic heterocycles. The van der Waals surface area contributed by atoms with Crippen LogP contribution in [0.5, 0.6) is 0 Å². The van der Waals surface area contributed by atoms with Crippen molar-refractivity contribution in [3.05, 3.63) is 12.2 Å². The van der Waals surface area contributed by atoms with Crippen molar-refractivity contribution in [1.29, 1.82) is 0 Å². The van der Waals surface area contributed by atoms with E-state index >= 15 is 0 Å². The monoisotopic (exact) mass is 300 g/mol. The summed E-state index contributed by atoms with van der Waals surface area (Å²) in [5.74, 6) is -2.23. The number of hydrogen-bond donors (Lipinski definition) is 2. The van der Waals surface area contributed by atoms with Gasteiger partial charge in [0.2, 0.25) is 0 Å². The molecule has 7 nitrogen and oxygen atoms in total. The van der Waals surface area contributed by atoms with Crippen LogP contribution in [-0.2, 0) is 23.9 Å². The van der Waals surface area contributed by atoms with E-state index in [4.69, 9.17) is 9.47 Å². The fourth-order valence-electron chi connectivity index (χ4n) is 1.82. The number of carbonyl (C=O) groups excluding carboxylic acids is 3. The van der Waals surface area contributed by atoms with E-state index < -0.39 is 48.6 Å². The highest BCUT2D eigenvalue weighted by Gasteiger charge is 2.27. The Balaban J connectivity index is 2.83. The zero-order chi connectivity index (χ0) is 16.0. The molecule has 0 saturated carbocycles. The minimum absolute atomic E-state index is 0.101. The molecule has 0 spiro atoms. The molecule has 1 aliphatic rings. The van der Waals surface area contributed by atoms with Crippen molar-refractivity contribution in [1.82, 2.24) is 0 Å². The van der Waals surface area contributed by atoms with Crippen LogP contribution < -0.4 is 0 Å². The minimum Gasteiger partial charge on any atom is -0.460 e. The maximum absolute atomic E-state index is 11.7. The van der Waals surface area contributed by atoms with Crippen molar-refractivity contribution in [2.45, 2.75) is 57.5 Å². The Morgan fingerprint density at radius 3 is 2.38 bits per heavy atom. The summed E-state index contributed by atoms with van der Waals surface area (Å²) in [5.41, 5.74) is 0. The largest absolute Gasteiger partial charge is 0.460 e. The molecule has 0 unspecified atom stereocenters. The number of hydrogen-bond acceptors (Lipinski definition) is 7. The molecular formula is C14H20O7. The molecule has 21 heavy (non-hydrogen) atoms. The Kier molecular flexibility index (Phi) is 6.51. The third-order valence-electron chi connectivity index (χ3n) is 2.95. The summed E-state index contributed by atoms with van der Waals surface area (Å²) in [6.07, 6.45) is -1.93. The molecule has 1 aliphatic heterocycles. The Morgan fingerprint density at radius 2 is 1.71 bits per heavy atom. The zero-order valence-electron chi connectivity index (χ0n) is 12.0. The van der Waals surface area contributed by atoms with Crippen LogP contribution in [0.15, 0.2) is 12.2 Å². The van der Waals surface area contributed by atoms with E-state index in [1.165, 1.54) is 12.2 Å². The predicted molar refractivity (Wildman–Crippen MR) is 71.1 cm³/mol. The lowest BCUT2D eigenvalue weighted by molar-refractivity contribution is -0.160. The minimum atomic E-state index is -1.61. The van der Waals surface area contributed by atoms with Crippen molar-refractivity contribution in [3.63, 3.8) is 0 Å². The van der Waals surface area contributed by atoms with Crippen LogP contribution in [0.3, 0.4) is 0 Å². The van der Waals surface area contributed by atoms with Crippen LogP contribution in [0.1, 0.15) is 33.1 Å². The standard InChI is InChI=1S/C14H20O7/c1-8-4-3-5-13(18)20-9(2)6-10(15)11(16)7-12(17)14(19)21-8/h3,5,8-10,12,15,17H,4,6-7H2,1-2H3/b5-3-/t8-,9+,10-,12-/m1/s1. The van der Waals surface area contributed by atoms with Gasteiger partial charge >= 0.3 is 11.9 Å². The molecule has 4 atom stereocenters. The number of ketones is 1. The van der Waals surface area contributed by atoms with Gasteiger partial charge in [-0.05, 0) is 13.8 Å². The number of esters is 2. The fraction of sp³-hybridized carbons (Fsp3) is 0.643. The number of ether oxygens (including phenoxy) is 2. The van der Waals surface area contributed by atoms with Gasteiger partial charge in [-0.2, -0.15) is 0 Å². The predicted octanol–water partition coefficient (Wildman–Crippen LogP) is -0.119. The van der Waals surface area contributed by atoms with Crippen LogP contribution >= 0.6 is 0 Å². The first-order chi connectivity index (χ1) is 9.79. The first kappa shape index (κ1) is 17.3. The molecule has 118 valence electrons. The third kappa shape index (κ3) is 6.05. The zero-order valence-corrected chi connectivity index (χ0v) is 12.0. The number of cyclic esters (lactones) is 2. The van der Waals surface area contributed by atoms with Gasteiger partial charge in [0, 0.05) is 25.3 Å². The van der Waals surface area contributed by atoms with E-state index in [0.29, 0.717) is 0 Å². The van der Waals surface area contributed by atoms with Crippen LogP contribution in [-0.4, -0.2) is 52.4 Å². The molecule has 1 heterocycles. The summed E-state index contributed by atoms with van der Waals surface area (Å²) >= 11 is 0. The molecule has 7 heteroatoms. The van der Waals surface area contributed by atoms with Crippen molar-refractivity contribution >= 4 is 17.7 Å². The molecule has 0 amide bonds. The number of rotatable bonds is 0. The summed E-state index contributed by atoms with van der Waals surface area (Å²) in [7, 11) is 0. The Morgan fingerprint density at radius 1 is 1.05 bits per heavy atom. The van der Waals surface area contributed by atoms with Gasteiger partial charge in [-0.3, -0.25) is 4.79 Å². The Bertz CT molecular complexity index is 429. The number of aliphatic hydroxyl groups is 2. The molecule has 0 fully saturated rings. The van der Waals surface area contributed by atoms with Crippen LogP contribution in [0.25, 0.3) is 0 Å². The van der Waals surface area contributed by atoms with Gasteiger partial charge in [0.05, 0.1) is 0 Å². The average molecular weight is 300 g/mol. The molecule has 0 radical (unpaired) electrons. The van der Waals surface area contributed by atoms with Gasteiger partial charge in [0.15, 0.2) is 11.9 Å². The number of carbonyl (C=O) groups is 3. The van der Waals surface area contributed by atoms with E-state index in [2.05, 4.69) is 0 Å². The quantitative estimate of drug-likeness (QED) is 0.600. The first-order valence-corrected chi connectivity index (χ1v) is 6.76. The molecule has 0 aliphatic carbocycles. The van der Waals surface area contributed by atoms with Crippen LogP contribution in [0.4, 0.5) is 0 Å². The second-order valence-electron chi connectivity index (χ2n) is 5.07. The molecule has 0 aromatic carbocycles. The Hall–Kier alpha value is -1.73. The summed E-state index contributed by atoms with van der Waals surface area (Å²) in [5, 5.41) is 19.3. The topological polar surface area (TPSA) is 110 Å². The number of Topliss-reactive ketones (excluding diaryl/α,β-unsaturated/α-hetero) is 1. The maximum Gasteiger partial charge on any atom is 0.335 e. The van der Waals surface area contributed by atoms with E-state index in [1.54, 1.807) is 13.8 Å². The van der Waals surface area contributed by atoms with Gasteiger partial charge in [-0.15, -0.1) is 0 Å². The van der Waals surface area contributed by atoms with Gasteiger partial charge < -0.3 is 19.7 Å². The molecule has 0 aromatic rings. The van der Waals surface area contributed by atoms with E-state index in [-0.39, 0.29) is 12.8 Å². The average Bonchev–Trinajstić information content (AvgIpc) is 2.36. The van der Waals surface area contributed by atoms with Gasteiger partial charge in [0.25, 0.3) is 0 Å². The summed E-state index contributed by atoms with van der Waals surface area (Å²) in [6.45, 7) is 3.13. The maximum atomic E-state index is 11.7. The lowest BCUT2D eigenvalue weighted by atomic mass is 10.0. The summed E-state index contributed by atoms with van der Waals surface area (Å²) in [4.78, 5) is 34.7. The van der Waals surface area contributed by atoms with Crippen molar-refractivity contribution in [2.75, 3.05) is 0 Å². The van der Waals surface area contributed by atoms with E-state index in [1.807, 2.05) is 0 Å². The molecule has 0 bridgehead atoms. The highest BCUT2D eigenvalue weighted by Crippen LogP contribution is 2.10. The van der Waals surface area contributed by atoms with Crippen molar-refractivity contribution in [3.8, 4) is 0 Å². The molecule has 1 rings (SSSR count). The molecule has 2 N–H and O–H groups in total. The molecular weight excluding hydrogens is 280 g/mol. The van der Waals surface area contributed by atoms with Gasteiger partial charge in [-0.25, -0.2) is 9.59 Å². The van der Waals surface area contributed by atoms with Crippen LogP contribution in [0, 0.1) is 0 Å². The van der Waals surface area contributed by atoms with E-state index in [0.717, 1.165) is 0 Å². The Labute approximate surface area is 122 Å². The molecule has 0 saturated heterocycles. The third-order valence-corrected chi connectivity index (χ3v) is 2.95. The van der Waals surface area contributed by atoms with Crippen molar-refractivity contribution in [2.24, 2.45) is 0 Å². The number of aliphatic hydroxyl groups excluding tert-OH is 2. The lowest BCUT2D eigenvalue weighted by Crippen LogP contribution is -2.34. The highest BCUT2D eigenvalue weighted by atomic mass is 16.6. The normalized spacial score (nSPS) is 34.6. The second kappa shape index (κ2) is 7.90.